The van der Waals surface area contributed by atoms with E-state index in [4.69, 9.17) is 0 Å². The van der Waals surface area contributed by atoms with Crippen molar-refractivity contribution in [1.82, 2.24) is 4.90 Å². The number of rotatable bonds is 7. The zero-order valence-electron chi connectivity index (χ0n) is 15.9. The largest absolute Gasteiger partial charge is 0.340 e. The molecule has 0 aliphatic rings. The van der Waals surface area contributed by atoms with Crippen LogP contribution in [0.25, 0.3) is 0 Å². The summed E-state index contributed by atoms with van der Waals surface area (Å²) in [6.07, 6.45) is 0. The zero-order chi connectivity index (χ0) is 20.9. The molecule has 3 aromatic carbocycles. The van der Waals surface area contributed by atoms with Crippen LogP contribution in [0.3, 0.4) is 0 Å². The lowest BCUT2D eigenvalue weighted by atomic mass is 10.2. The van der Waals surface area contributed by atoms with Crippen molar-refractivity contribution < 1.29 is 13.2 Å². The van der Waals surface area contributed by atoms with Crippen molar-refractivity contribution in [3.63, 3.8) is 0 Å². The molecule has 29 heavy (non-hydrogen) atoms. The fraction of sp³-hybridized carbons (Fsp3) is 0.136. The molecule has 5 nitrogen and oxygen atoms in total. The summed E-state index contributed by atoms with van der Waals surface area (Å²) in [4.78, 5) is 14.6. The van der Waals surface area contributed by atoms with E-state index < -0.39 is 10.0 Å². The standard InChI is InChI=1S/C22H21BrN2O3S/c1-24(16-18-8-4-2-5-9-18)22(26)17-25(20-14-12-19(23)13-15-20)29(27,28)21-10-6-3-7-11-21/h2-15H,16-17H2,1H3. The highest BCUT2D eigenvalue weighted by atomic mass is 79.9. The summed E-state index contributed by atoms with van der Waals surface area (Å²) in [6, 6.07) is 24.6. The lowest BCUT2D eigenvalue weighted by Crippen LogP contribution is -2.41. The van der Waals surface area contributed by atoms with Crippen LogP contribution in [0.5, 0.6) is 0 Å². The Bertz CT molecular complexity index is 1060. The van der Waals surface area contributed by atoms with Crippen LogP contribution in [0.1, 0.15) is 5.56 Å². The lowest BCUT2D eigenvalue weighted by molar-refractivity contribution is -0.128. The first kappa shape index (κ1) is 21.1. The molecule has 3 rings (SSSR count). The molecule has 0 N–H and O–H groups in total. The molecule has 0 saturated carbocycles. The van der Waals surface area contributed by atoms with E-state index in [0.29, 0.717) is 12.2 Å². The normalized spacial score (nSPS) is 11.1. The molecule has 0 unspecified atom stereocenters. The van der Waals surface area contributed by atoms with Crippen molar-refractivity contribution in [2.45, 2.75) is 11.4 Å². The maximum atomic E-state index is 13.3. The molecule has 0 aliphatic carbocycles. The number of carbonyl (C=O) groups excluding carboxylic acids is 1. The molecule has 3 aromatic rings. The number of anilines is 1. The third-order valence-corrected chi connectivity index (χ3v) is 6.73. The van der Waals surface area contributed by atoms with E-state index in [1.54, 1.807) is 49.5 Å². The minimum absolute atomic E-state index is 0.140. The summed E-state index contributed by atoms with van der Waals surface area (Å²) in [6.45, 7) is 0.113. The molecule has 0 aromatic heterocycles. The number of hydrogen-bond acceptors (Lipinski definition) is 3. The molecule has 150 valence electrons. The van der Waals surface area contributed by atoms with Crippen LogP contribution in [0, 0.1) is 0 Å². The predicted molar refractivity (Wildman–Crippen MR) is 118 cm³/mol. The molecule has 7 heteroatoms. The van der Waals surface area contributed by atoms with E-state index in [1.807, 2.05) is 30.3 Å². The maximum absolute atomic E-state index is 13.3. The number of halogens is 1. The van der Waals surface area contributed by atoms with Crippen LogP contribution < -0.4 is 4.31 Å². The predicted octanol–water partition coefficient (Wildman–Crippen LogP) is 4.30. The average molecular weight is 473 g/mol. The van der Waals surface area contributed by atoms with Gasteiger partial charge in [-0.25, -0.2) is 8.42 Å². The minimum Gasteiger partial charge on any atom is -0.340 e. The van der Waals surface area contributed by atoms with Gasteiger partial charge in [-0.1, -0.05) is 64.5 Å². The summed E-state index contributed by atoms with van der Waals surface area (Å²) in [5.74, 6) is -0.295. The smallest absolute Gasteiger partial charge is 0.264 e. The Morgan fingerprint density at radius 3 is 2.00 bits per heavy atom. The van der Waals surface area contributed by atoms with Crippen LogP contribution in [-0.2, 0) is 21.4 Å². The van der Waals surface area contributed by atoms with Gasteiger partial charge in [-0.15, -0.1) is 0 Å². The number of nitrogens with zero attached hydrogens (tertiary/aromatic N) is 2. The van der Waals surface area contributed by atoms with Gasteiger partial charge in [-0.05, 0) is 42.0 Å². The molecule has 1 amide bonds. The van der Waals surface area contributed by atoms with Crippen molar-refractivity contribution in [1.29, 1.82) is 0 Å². The van der Waals surface area contributed by atoms with Crippen molar-refractivity contribution in [3.05, 3.63) is 95.0 Å². The van der Waals surface area contributed by atoms with Crippen LogP contribution >= 0.6 is 15.9 Å². The van der Waals surface area contributed by atoms with Gasteiger partial charge in [-0.3, -0.25) is 9.10 Å². The van der Waals surface area contributed by atoms with Gasteiger partial charge < -0.3 is 4.90 Å². The van der Waals surface area contributed by atoms with Gasteiger partial charge in [0, 0.05) is 18.1 Å². The highest BCUT2D eigenvalue weighted by Gasteiger charge is 2.28. The molecule has 0 radical (unpaired) electrons. The second-order valence-corrected chi connectivity index (χ2v) is 9.31. The van der Waals surface area contributed by atoms with E-state index >= 15 is 0 Å². The highest BCUT2D eigenvalue weighted by Crippen LogP contribution is 2.25. The van der Waals surface area contributed by atoms with Crippen LogP contribution in [0.15, 0.2) is 94.3 Å². The number of carbonyl (C=O) groups is 1. The van der Waals surface area contributed by atoms with Crippen molar-refractivity contribution in [2.75, 3.05) is 17.9 Å². The average Bonchev–Trinajstić information content (AvgIpc) is 2.74. The highest BCUT2D eigenvalue weighted by molar-refractivity contribution is 9.10. The Balaban J connectivity index is 1.89. The van der Waals surface area contributed by atoms with Gasteiger partial charge in [0.25, 0.3) is 10.0 Å². The van der Waals surface area contributed by atoms with E-state index in [2.05, 4.69) is 15.9 Å². The SMILES string of the molecule is CN(Cc1ccccc1)C(=O)CN(c1ccc(Br)cc1)S(=O)(=O)c1ccccc1. The Morgan fingerprint density at radius 1 is 0.862 bits per heavy atom. The maximum Gasteiger partial charge on any atom is 0.264 e. The van der Waals surface area contributed by atoms with E-state index in [9.17, 15) is 13.2 Å². The molecule has 0 bridgehead atoms. The number of likely N-dealkylation sites (N-methyl/N-ethyl adjacent to an activating group) is 1. The van der Waals surface area contributed by atoms with Crippen molar-refractivity contribution in [2.24, 2.45) is 0 Å². The molecule has 0 saturated heterocycles. The number of hydrogen-bond donors (Lipinski definition) is 0. The topological polar surface area (TPSA) is 57.7 Å². The third kappa shape index (κ3) is 5.25. The summed E-state index contributed by atoms with van der Waals surface area (Å²) >= 11 is 3.36. The molecule has 0 fully saturated rings. The summed E-state index contributed by atoms with van der Waals surface area (Å²) in [5.41, 5.74) is 1.41. The molecule has 0 aliphatic heterocycles. The van der Waals surface area contributed by atoms with Crippen LogP contribution in [0.4, 0.5) is 5.69 Å². The second kappa shape index (κ2) is 9.24. The van der Waals surface area contributed by atoms with Crippen LogP contribution in [-0.4, -0.2) is 32.8 Å². The van der Waals surface area contributed by atoms with Gasteiger partial charge in [0.1, 0.15) is 6.54 Å². The number of benzene rings is 3. The minimum atomic E-state index is -3.90. The monoisotopic (exact) mass is 472 g/mol. The van der Waals surface area contributed by atoms with E-state index in [-0.39, 0.29) is 17.3 Å². The first-order valence-corrected chi connectivity index (χ1v) is 11.2. The molecular formula is C22H21BrN2O3S. The first-order valence-electron chi connectivity index (χ1n) is 8.99. The summed E-state index contributed by atoms with van der Waals surface area (Å²) in [7, 11) is -2.23. The summed E-state index contributed by atoms with van der Waals surface area (Å²) < 4.78 is 28.5. The Labute approximate surface area is 179 Å². The van der Waals surface area contributed by atoms with Crippen LogP contribution in [0.2, 0.25) is 0 Å². The van der Waals surface area contributed by atoms with Gasteiger partial charge in [0.2, 0.25) is 5.91 Å². The van der Waals surface area contributed by atoms with Gasteiger partial charge in [0.15, 0.2) is 0 Å². The molecular weight excluding hydrogens is 452 g/mol. The number of sulfonamides is 1. The fourth-order valence-electron chi connectivity index (χ4n) is 2.83. The van der Waals surface area contributed by atoms with E-state index in [1.165, 1.54) is 17.0 Å². The number of amides is 1. The molecule has 0 atom stereocenters. The van der Waals surface area contributed by atoms with Crippen molar-refractivity contribution >= 4 is 37.5 Å². The second-order valence-electron chi connectivity index (χ2n) is 6.54. The fourth-order valence-corrected chi connectivity index (χ4v) is 4.53. The van der Waals surface area contributed by atoms with Gasteiger partial charge in [0.05, 0.1) is 10.6 Å². The first-order chi connectivity index (χ1) is 13.9. The van der Waals surface area contributed by atoms with Gasteiger partial charge in [-0.2, -0.15) is 0 Å². The third-order valence-electron chi connectivity index (χ3n) is 4.41. The lowest BCUT2D eigenvalue weighted by Gasteiger charge is -2.26. The van der Waals surface area contributed by atoms with Crippen molar-refractivity contribution in [3.8, 4) is 0 Å². The quantitative estimate of drug-likeness (QED) is 0.514. The Hall–Kier alpha value is -2.64. The Morgan fingerprint density at radius 2 is 1.41 bits per heavy atom. The zero-order valence-corrected chi connectivity index (χ0v) is 18.3. The van der Waals surface area contributed by atoms with E-state index in [0.717, 1.165) is 14.3 Å². The summed E-state index contributed by atoms with van der Waals surface area (Å²) in [5, 5.41) is 0. The molecule has 0 heterocycles. The molecule has 0 spiro atoms. The van der Waals surface area contributed by atoms with Gasteiger partial charge >= 0.3 is 0 Å². The Kier molecular flexibility index (Phi) is 6.71.